The van der Waals surface area contributed by atoms with Gasteiger partial charge in [0.25, 0.3) is 0 Å². The van der Waals surface area contributed by atoms with Gasteiger partial charge in [-0.25, -0.2) is 0 Å². The Kier molecular flexibility index (Phi) is 7.87. The number of nitriles is 1. The van der Waals surface area contributed by atoms with Crippen LogP contribution in [0.25, 0.3) is 0 Å². The molecule has 0 fully saturated rings. The number of rotatable bonds is 9. The van der Waals surface area contributed by atoms with Crippen LogP contribution in [0.1, 0.15) is 18.4 Å². The van der Waals surface area contributed by atoms with E-state index < -0.39 is 10.8 Å². The van der Waals surface area contributed by atoms with Crippen LogP contribution in [0.2, 0.25) is 0 Å². The summed E-state index contributed by atoms with van der Waals surface area (Å²) in [4.78, 5) is 0. The summed E-state index contributed by atoms with van der Waals surface area (Å²) in [7, 11) is 0.847. The molecule has 1 rings (SSSR count). The second kappa shape index (κ2) is 9.54. The highest BCUT2D eigenvalue weighted by atomic mass is 32.2. The Morgan fingerprint density at radius 3 is 2.68 bits per heavy atom. The van der Waals surface area contributed by atoms with E-state index in [1.165, 1.54) is 0 Å². The van der Waals surface area contributed by atoms with Gasteiger partial charge in [-0.15, -0.1) is 0 Å². The summed E-state index contributed by atoms with van der Waals surface area (Å²) in [5, 5.41) is 8.75. The SMILES string of the molecule is COCCCS(=O)CCCOc1cccc(C#N)c1. The van der Waals surface area contributed by atoms with Crippen molar-refractivity contribution in [2.45, 2.75) is 12.8 Å². The molecule has 0 aliphatic rings. The van der Waals surface area contributed by atoms with Gasteiger partial charge in [0.1, 0.15) is 5.75 Å². The first kappa shape index (κ1) is 15.7. The van der Waals surface area contributed by atoms with Crippen LogP contribution in [0.3, 0.4) is 0 Å². The molecule has 0 saturated carbocycles. The fraction of sp³-hybridized carbons (Fsp3) is 0.500. The van der Waals surface area contributed by atoms with Crippen molar-refractivity contribution in [3.05, 3.63) is 29.8 Å². The second-order valence-corrected chi connectivity index (χ2v) is 5.73. The van der Waals surface area contributed by atoms with Crippen molar-refractivity contribution in [3.8, 4) is 11.8 Å². The summed E-state index contributed by atoms with van der Waals surface area (Å²) in [5.74, 6) is 2.00. The molecule has 4 nitrogen and oxygen atoms in total. The highest BCUT2D eigenvalue weighted by molar-refractivity contribution is 7.84. The molecule has 0 aliphatic carbocycles. The van der Waals surface area contributed by atoms with Gasteiger partial charge in [0.15, 0.2) is 0 Å². The van der Waals surface area contributed by atoms with E-state index in [-0.39, 0.29) is 0 Å². The Hall–Kier alpha value is -1.38. The smallest absolute Gasteiger partial charge is 0.120 e. The first-order valence-corrected chi connectivity index (χ1v) is 7.72. The van der Waals surface area contributed by atoms with Crippen molar-refractivity contribution in [2.24, 2.45) is 0 Å². The van der Waals surface area contributed by atoms with E-state index in [1.54, 1.807) is 25.3 Å². The maximum atomic E-state index is 11.6. The first-order valence-electron chi connectivity index (χ1n) is 6.23. The maximum absolute atomic E-state index is 11.6. The molecule has 0 N–H and O–H groups in total. The molecule has 1 aromatic rings. The molecule has 1 atom stereocenters. The molecular formula is C14H19NO3S. The zero-order valence-electron chi connectivity index (χ0n) is 11.1. The van der Waals surface area contributed by atoms with E-state index in [0.717, 1.165) is 12.8 Å². The number of benzene rings is 1. The molecule has 0 aromatic heterocycles. The van der Waals surface area contributed by atoms with E-state index in [0.29, 0.717) is 36.0 Å². The number of hydrogen-bond acceptors (Lipinski definition) is 4. The average Bonchev–Trinajstić information content (AvgIpc) is 2.44. The Morgan fingerprint density at radius 1 is 1.26 bits per heavy atom. The molecule has 1 unspecified atom stereocenters. The number of hydrogen-bond donors (Lipinski definition) is 0. The third-order valence-electron chi connectivity index (χ3n) is 2.47. The average molecular weight is 281 g/mol. The minimum atomic E-state index is -0.798. The van der Waals surface area contributed by atoms with Crippen LogP contribution in [-0.4, -0.2) is 36.0 Å². The normalized spacial score (nSPS) is 11.8. The van der Waals surface area contributed by atoms with Crippen molar-refractivity contribution >= 4 is 10.8 Å². The lowest BCUT2D eigenvalue weighted by molar-refractivity contribution is 0.200. The molecule has 0 amide bonds. The lowest BCUT2D eigenvalue weighted by Crippen LogP contribution is -2.08. The fourth-order valence-electron chi connectivity index (χ4n) is 1.53. The summed E-state index contributed by atoms with van der Waals surface area (Å²) >= 11 is 0. The number of ether oxygens (including phenoxy) is 2. The van der Waals surface area contributed by atoms with Gasteiger partial charge in [-0.05, 0) is 31.0 Å². The van der Waals surface area contributed by atoms with Crippen LogP contribution in [0.4, 0.5) is 0 Å². The monoisotopic (exact) mass is 281 g/mol. The third kappa shape index (κ3) is 6.94. The van der Waals surface area contributed by atoms with Gasteiger partial charge in [0.05, 0.1) is 18.2 Å². The number of methoxy groups -OCH3 is 1. The van der Waals surface area contributed by atoms with E-state index in [2.05, 4.69) is 6.07 Å². The molecule has 0 bridgehead atoms. The van der Waals surface area contributed by atoms with Crippen molar-refractivity contribution in [3.63, 3.8) is 0 Å². The Bertz CT molecular complexity index is 443. The van der Waals surface area contributed by atoms with Gasteiger partial charge < -0.3 is 9.47 Å². The minimum Gasteiger partial charge on any atom is -0.494 e. The van der Waals surface area contributed by atoms with Crippen LogP contribution in [0, 0.1) is 11.3 Å². The molecular weight excluding hydrogens is 262 g/mol. The molecule has 0 heterocycles. The lowest BCUT2D eigenvalue weighted by atomic mass is 10.2. The van der Waals surface area contributed by atoms with Crippen LogP contribution in [0.15, 0.2) is 24.3 Å². The van der Waals surface area contributed by atoms with Gasteiger partial charge >= 0.3 is 0 Å². The van der Waals surface area contributed by atoms with E-state index in [9.17, 15) is 4.21 Å². The Morgan fingerprint density at radius 2 is 2.00 bits per heavy atom. The highest BCUT2D eigenvalue weighted by Crippen LogP contribution is 2.12. The largest absolute Gasteiger partial charge is 0.494 e. The van der Waals surface area contributed by atoms with Crippen molar-refractivity contribution < 1.29 is 13.7 Å². The predicted octanol–water partition coefficient (Wildman–Crippen LogP) is 2.11. The highest BCUT2D eigenvalue weighted by Gasteiger charge is 2.01. The summed E-state index contributed by atoms with van der Waals surface area (Å²) in [6.07, 6.45) is 1.57. The molecule has 19 heavy (non-hydrogen) atoms. The summed E-state index contributed by atoms with van der Waals surface area (Å²) < 4.78 is 22.0. The Balaban J connectivity index is 2.16. The molecule has 5 heteroatoms. The summed E-state index contributed by atoms with van der Waals surface area (Å²) in [5.41, 5.74) is 0.584. The van der Waals surface area contributed by atoms with Gasteiger partial charge in [-0.1, -0.05) is 6.07 Å². The van der Waals surface area contributed by atoms with Crippen LogP contribution in [0.5, 0.6) is 5.75 Å². The standard InChI is InChI=1S/C14H19NO3S/c1-17-7-3-9-19(16)10-4-8-18-14-6-2-5-13(11-14)12-15/h2,5-6,11H,3-4,7-10H2,1H3. The molecule has 1 aromatic carbocycles. The molecule has 0 saturated heterocycles. The molecule has 0 spiro atoms. The van der Waals surface area contributed by atoms with Crippen molar-refractivity contribution in [2.75, 3.05) is 31.8 Å². The third-order valence-corrected chi connectivity index (χ3v) is 3.96. The molecule has 0 aliphatic heterocycles. The quantitative estimate of drug-likeness (QED) is 0.650. The fourth-order valence-corrected chi connectivity index (χ4v) is 2.62. The summed E-state index contributed by atoms with van der Waals surface area (Å²) in [6, 6.07) is 9.11. The van der Waals surface area contributed by atoms with E-state index >= 15 is 0 Å². The minimum absolute atomic E-state index is 0.519. The van der Waals surface area contributed by atoms with Crippen LogP contribution < -0.4 is 4.74 Å². The van der Waals surface area contributed by atoms with Gasteiger partial charge in [-0.3, -0.25) is 4.21 Å². The lowest BCUT2D eigenvalue weighted by Gasteiger charge is -2.06. The molecule has 104 valence electrons. The maximum Gasteiger partial charge on any atom is 0.120 e. The second-order valence-electron chi connectivity index (χ2n) is 4.04. The van der Waals surface area contributed by atoms with Crippen LogP contribution >= 0.6 is 0 Å². The van der Waals surface area contributed by atoms with Crippen LogP contribution in [-0.2, 0) is 15.5 Å². The zero-order chi connectivity index (χ0) is 13.9. The number of nitrogens with zero attached hydrogens (tertiary/aromatic N) is 1. The predicted molar refractivity (Wildman–Crippen MR) is 75.6 cm³/mol. The zero-order valence-corrected chi connectivity index (χ0v) is 11.9. The van der Waals surface area contributed by atoms with Gasteiger partial charge in [0.2, 0.25) is 0 Å². The molecule has 0 radical (unpaired) electrons. The van der Waals surface area contributed by atoms with E-state index in [1.807, 2.05) is 6.07 Å². The summed E-state index contributed by atoms with van der Waals surface area (Å²) in [6.45, 7) is 1.17. The van der Waals surface area contributed by atoms with Crippen molar-refractivity contribution in [1.29, 1.82) is 5.26 Å². The topological polar surface area (TPSA) is 59.3 Å². The van der Waals surface area contributed by atoms with Crippen molar-refractivity contribution in [1.82, 2.24) is 0 Å². The van der Waals surface area contributed by atoms with E-state index in [4.69, 9.17) is 14.7 Å². The Labute approximate surface area is 116 Å². The first-order chi connectivity index (χ1) is 9.26. The van der Waals surface area contributed by atoms with Gasteiger partial charge in [-0.2, -0.15) is 5.26 Å². The van der Waals surface area contributed by atoms with Gasteiger partial charge in [0, 0.05) is 36.0 Å².